The Morgan fingerprint density at radius 2 is 1.95 bits per heavy atom. The molecule has 2 aromatic rings. The third kappa shape index (κ3) is 3.67. The van der Waals surface area contributed by atoms with Gasteiger partial charge in [0, 0.05) is 0 Å². The zero-order valence-electron chi connectivity index (χ0n) is 11.8. The molecule has 116 valence electrons. The van der Waals surface area contributed by atoms with Gasteiger partial charge in [0.2, 0.25) is 5.95 Å². The number of aryl methyl sites for hydroxylation is 1. The number of sulfonamides is 1. The maximum absolute atomic E-state index is 12.1. The summed E-state index contributed by atoms with van der Waals surface area (Å²) in [6.45, 7) is 1.63. The van der Waals surface area contributed by atoms with Crippen molar-refractivity contribution in [2.45, 2.75) is 11.8 Å². The van der Waals surface area contributed by atoms with E-state index in [1.54, 1.807) is 25.1 Å². The van der Waals surface area contributed by atoms with Crippen LogP contribution in [0.2, 0.25) is 0 Å². The molecule has 0 radical (unpaired) electrons. The summed E-state index contributed by atoms with van der Waals surface area (Å²) >= 11 is 0. The topological polar surface area (TPSA) is 123 Å². The lowest BCUT2D eigenvalue weighted by molar-refractivity contribution is 0.256. The van der Waals surface area contributed by atoms with Gasteiger partial charge in [-0.05, 0) is 18.6 Å². The molecule has 0 aliphatic heterocycles. The number of hydrogen-bond donors (Lipinski definition) is 2. The van der Waals surface area contributed by atoms with E-state index in [1.165, 1.54) is 13.2 Å². The van der Waals surface area contributed by atoms with Gasteiger partial charge in [0.05, 0.1) is 12.0 Å². The molecule has 0 unspecified atom stereocenters. The number of amides is 2. The van der Waals surface area contributed by atoms with Crippen LogP contribution in [0.1, 0.15) is 5.56 Å². The van der Waals surface area contributed by atoms with E-state index in [-0.39, 0.29) is 16.9 Å². The van der Waals surface area contributed by atoms with Gasteiger partial charge in [-0.1, -0.05) is 18.2 Å². The van der Waals surface area contributed by atoms with E-state index in [4.69, 9.17) is 4.74 Å². The smallest absolute Gasteiger partial charge is 0.335 e. The third-order valence-corrected chi connectivity index (χ3v) is 4.06. The first-order valence-electron chi connectivity index (χ1n) is 6.05. The van der Waals surface area contributed by atoms with E-state index >= 15 is 0 Å². The number of hydrogen-bond acceptors (Lipinski definition) is 7. The third-order valence-electron chi connectivity index (χ3n) is 2.57. The second-order valence-electron chi connectivity index (χ2n) is 4.12. The molecule has 2 amide bonds. The number of carbonyl (C=O) groups excluding carboxylic acids is 1. The van der Waals surface area contributed by atoms with E-state index in [0.717, 1.165) is 6.33 Å². The molecule has 0 saturated carbocycles. The lowest BCUT2D eigenvalue weighted by Gasteiger charge is -2.09. The summed E-state index contributed by atoms with van der Waals surface area (Å²) in [5.41, 5.74) is 0.518. The quantitative estimate of drug-likeness (QED) is 0.848. The number of nitrogens with zero attached hydrogens (tertiary/aromatic N) is 3. The van der Waals surface area contributed by atoms with E-state index in [1.807, 2.05) is 4.72 Å². The largest absolute Gasteiger partial charge is 0.467 e. The molecule has 0 atom stereocenters. The molecular weight excluding hydrogens is 310 g/mol. The van der Waals surface area contributed by atoms with Crippen molar-refractivity contribution < 1.29 is 17.9 Å². The summed E-state index contributed by atoms with van der Waals surface area (Å²) in [5.74, 6) is -0.135. The molecule has 0 spiro atoms. The van der Waals surface area contributed by atoms with Crippen LogP contribution in [0, 0.1) is 6.92 Å². The first-order chi connectivity index (χ1) is 10.4. The first-order valence-corrected chi connectivity index (χ1v) is 7.53. The fourth-order valence-electron chi connectivity index (χ4n) is 1.60. The Labute approximate surface area is 126 Å². The SMILES string of the molecule is COc1ncnc(NC(=O)NS(=O)(=O)c2ccccc2C)n1. The molecule has 0 fully saturated rings. The normalized spacial score (nSPS) is 10.8. The lowest BCUT2D eigenvalue weighted by Crippen LogP contribution is -2.35. The Morgan fingerprint density at radius 1 is 1.23 bits per heavy atom. The number of methoxy groups -OCH3 is 1. The van der Waals surface area contributed by atoms with Crippen molar-refractivity contribution in [1.29, 1.82) is 0 Å². The van der Waals surface area contributed by atoms with Gasteiger partial charge in [0.1, 0.15) is 6.33 Å². The summed E-state index contributed by atoms with van der Waals surface area (Å²) in [5, 5.41) is 2.19. The molecule has 2 rings (SSSR count). The predicted molar refractivity (Wildman–Crippen MR) is 76.9 cm³/mol. The van der Waals surface area contributed by atoms with Crippen LogP contribution in [0.25, 0.3) is 0 Å². The number of nitrogens with one attached hydrogen (secondary N) is 2. The van der Waals surface area contributed by atoms with E-state index in [0.29, 0.717) is 5.56 Å². The van der Waals surface area contributed by atoms with Gasteiger partial charge < -0.3 is 4.74 Å². The van der Waals surface area contributed by atoms with Gasteiger partial charge in [-0.3, -0.25) is 5.32 Å². The number of anilines is 1. The molecule has 0 aliphatic carbocycles. The molecule has 1 heterocycles. The molecule has 22 heavy (non-hydrogen) atoms. The van der Waals surface area contributed by atoms with E-state index in [2.05, 4.69) is 20.3 Å². The monoisotopic (exact) mass is 323 g/mol. The number of ether oxygens (including phenoxy) is 1. The fourth-order valence-corrected chi connectivity index (χ4v) is 2.76. The van der Waals surface area contributed by atoms with Crippen LogP contribution >= 0.6 is 0 Å². The van der Waals surface area contributed by atoms with Crippen molar-refractivity contribution in [1.82, 2.24) is 19.7 Å². The molecule has 0 bridgehead atoms. The summed E-state index contributed by atoms with van der Waals surface area (Å²) in [6, 6.07) is 5.30. The molecule has 2 N–H and O–H groups in total. The van der Waals surface area contributed by atoms with Crippen molar-refractivity contribution in [2.75, 3.05) is 12.4 Å². The van der Waals surface area contributed by atoms with Crippen molar-refractivity contribution >= 4 is 22.0 Å². The van der Waals surface area contributed by atoms with Crippen LogP contribution in [0.3, 0.4) is 0 Å². The van der Waals surface area contributed by atoms with Crippen molar-refractivity contribution in [3.8, 4) is 6.01 Å². The summed E-state index contributed by atoms with van der Waals surface area (Å²) in [7, 11) is -2.64. The Kier molecular flexibility index (Phi) is 4.51. The highest BCUT2D eigenvalue weighted by Gasteiger charge is 2.20. The second kappa shape index (κ2) is 6.35. The maximum Gasteiger partial charge on any atom is 0.335 e. The summed E-state index contributed by atoms with van der Waals surface area (Å²) in [6.07, 6.45) is 1.12. The maximum atomic E-state index is 12.1. The van der Waals surface area contributed by atoms with Gasteiger partial charge >= 0.3 is 12.0 Å². The molecule has 1 aromatic carbocycles. The zero-order valence-corrected chi connectivity index (χ0v) is 12.6. The van der Waals surface area contributed by atoms with Gasteiger partial charge in [0.15, 0.2) is 0 Å². The molecule has 1 aromatic heterocycles. The van der Waals surface area contributed by atoms with Crippen molar-refractivity contribution in [2.24, 2.45) is 0 Å². The number of rotatable bonds is 4. The fraction of sp³-hybridized carbons (Fsp3) is 0.167. The highest BCUT2D eigenvalue weighted by Crippen LogP contribution is 2.13. The molecule has 10 heteroatoms. The Bertz CT molecular complexity index is 794. The van der Waals surface area contributed by atoms with Crippen LogP contribution in [0.4, 0.5) is 10.7 Å². The Balaban J connectivity index is 2.13. The number of urea groups is 1. The molecular formula is C12H13N5O4S. The predicted octanol–water partition coefficient (Wildman–Crippen LogP) is 0.699. The van der Waals surface area contributed by atoms with Crippen LogP contribution in [0.15, 0.2) is 35.5 Å². The van der Waals surface area contributed by atoms with Crippen LogP contribution in [-0.4, -0.2) is 36.5 Å². The van der Waals surface area contributed by atoms with Crippen molar-refractivity contribution in [3.63, 3.8) is 0 Å². The minimum atomic E-state index is -3.99. The molecule has 0 aliphatic rings. The first kappa shape index (κ1) is 15.6. The average molecular weight is 323 g/mol. The lowest BCUT2D eigenvalue weighted by atomic mass is 10.2. The molecule has 9 nitrogen and oxygen atoms in total. The number of carbonyl (C=O) groups is 1. The average Bonchev–Trinajstić information content (AvgIpc) is 2.47. The van der Waals surface area contributed by atoms with Crippen molar-refractivity contribution in [3.05, 3.63) is 36.2 Å². The number of benzene rings is 1. The van der Waals surface area contributed by atoms with E-state index < -0.39 is 16.1 Å². The van der Waals surface area contributed by atoms with Crippen LogP contribution < -0.4 is 14.8 Å². The summed E-state index contributed by atoms with van der Waals surface area (Å²) < 4.78 is 30.9. The summed E-state index contributed by atoms with van der Waals surface area (Å²) in [4.78, 5) is 22.9. The molecule has 0 saturated heterocycles. The highest BCUT2D eigenvalue weighted by atomic mass is 32.2. The van der Waals surface area contributed by atoms with Crippen LogP contribution in [0.5, 0.6) is 6.01 Å². The Morgan fingerprint density at radius 3 is 2.64 bits per heavy atom. The second-order valence-corrected chi connectivity index (χ2v) is 5.77. The minimum absolute atomic E-state index is 0.00735. The van der Waals surface area contributed by atoms with Gasteiger partial charge in [0.25, 0.3) is 10.0 Å². The number of aromatic nitrogens is 3. The van der Waals surface area contributed by atoms with Gasteiger partial charge in [-0.25, -0.2) is 22.9 Å². The standard InChI is InChI=1S/C12H13N5O4S/c1-8-5-3-4-6-9(8)22(19,20)17-11(18)15-10-13-7-14-12(16-10)21-2/h3-7H,1-2H3,(H2,13,14,15,16,17,18). The van der Waals surface area contributed by atoms with E-state index in [9.17, 15) is 13.2 Å². The zero-order chi connectivity index (χ0) is 16.2. The highest BCUT2D eigenvalue weighted by molar-refractivity contribution is 7.90. The minimum Gasteiger partial charge on any atom is -0.467 e. The Hall–Kier alpha value is -2.75. The van der Waals surface area contributed by atoms with Gasteiger partial charge in [-0.2, -0.15) is 9.97 Å². The van der Waals surface area contributed by atoms with Crippen LogP contribution in [-0.2, 0) is 10.0 Å². The van der Waals surface area contributed by atoms with Gasteiger partial charge in [-0.15, -0.1) is 0 Å².